The minimum Gasteiger partial charge on any atom is -0.366 e. The summed E-state index contributed by atoms with van der Waals surface area (Å²) in [5.41, 5.74) is 5.87. The molecule has 2 aromatic rings. The predicted molar refractivity (Wildman–Crippen MR) is 97.5 cm³/mol. The molecule has 0 bridgehead atoms. The number of rotatable bonds is 6. The standard InChI is InChI=1S/C16H16BrN3O4S/c1-10(20-25(23,24)14-8-4-12(17)5-9-14)16(22)19-13-6-2-11(3-7-13)15(18)21/h2-10,20H,1H3,(H2,18,21)(H,19,22). The maximum absolute atomic E-state index is 12.3. The van der Waals surface area contributed by atoms with E-state index in [-0.39, 0.29) is 4.90 Å². The molecule has 2 rings (SSSR count). The highest BCUT2D eigenvalue weighted by molar-refractivity contribution is 9.10. The van der Waals surface area contributed by atoms with Crippen LogP contribution < -0.4 is 15.8 Å². The van der Waals surface area contributed by atoms with Gasteiger partial charge in [-0.3, -0.25) is 9.59 Å². The number of anilines is 1. The third kappa shape index (κ3) is 5.12. The first-order valence-electron chi connectivity index (χ1n) is 7.17. The van der Waals surface area contributed by atoms with Gasteiger partial charge in [-0.05, 0) is 55.5 Å². The number of sulfonamides is 1. The fourth-order valence-corrected chi connectivity index (χ4v) is 3.40. The summed E-state index contributed by atoms with van der Waals surface area (Å²) in [7, 11) is -3.82. The summed E-state index contributed by atoms with van der Waals surface area (Å²) in [5.74, 6) is -1.11. The summed E-state index contributed by atoms with van der Waals surface area (Å²) in [6.45, 7) is 1.43. The Balaban J connectivity index is 2.04. The van der Waals surface area contributed by atoms with Gasteiger partial charge >= 0.3 is 0 Å². The van der Waals surface area contributed by atoms with Crippen LogP contribution in [0.15, 0.2) is 57.9 Å². The summed E-state index contributed by atoms with van der Waals surface area (Å²) in [5, 5.41) is 2.57. The van der Waals surface area contributed by atoms with E-state index in [4.69, 9.17) is 5.73 Å². The first-order chi connectivity index (χ1) is 11.7. The molecule has 25 heavy (non-hydrogen) atoms. The summed E-state index contributed by atoms with van der Waals surface area (Å²) >= 11 is 3.23. The summed E-state index contributed by atoms with van der Waals surface area (Å²) < 4.78 is 27.6. The highest BCUT2D eigenvalue weighted by Crippen LogP contribution is 2.15. The van der Waals surface area contributed by atoms with Gasteiger partial charge in [0.15, 0.2) is 0 Å². The van der Waals surface area contributed by atoms with E-state index in [1.165, 1.54) is 43.3 Å². The van der Waals surface area contributed by atoms with E-state index in [9.17, 15) is 18.0 Å². The van der Waals surface area contributed by atoms with Crippen molar-refractivity contribution in [3.05, 3.63) is 58.6 Å². The van der Waals surface area contributed by atoms with Crippen LogP contribution in [0.5, 0.6) is 0 Å². The number of amides is 2. The molecule has 7 nitrogen and oxygen atoms in total. The number of carbonyl (C=O) groups is 2. The third-order valence-corrected chi connectivity index (χ3v) is 5.37. The van der Waals surface area contributed by atoms with Gasteiger partial charge in [-0.2, -0.15) is 4.72 Å². The van der Waals surface area contributed by atoms with Crippen LogP contribution in [0, 0.1) is 0 Å². The zero-order chi connectivity index (χ0) is 18.6. The zero-order valence-electron chi connectivity index (χ0n) is 13.2. The molecule has 0 aliphatic rings. The number of nitrogens with one attached hydrogen (secondary N) is 2. The third-order valence-electron chi connectivity index (χ3n) is 3.29. The van der Waals surface area contributed by atoms with Gasteiger partial charge in [-0.1, -0.05) is 15.9 Å². The van der Waals surface area contributed by atoms with Crippen molar-refractivity contribution in [3.8, 4) is 0 Å². The zero-order valence-corrected chi connectivity index (χ0v) is 15.6. The van der Waals surface area contributed by atoms with Crippen molar-refractivity contribution in [2.75, 3.05) is 5.32 Å². The van der Waals surface area contributed by atoms with Crippen molar-refractivity contribution in [1.29, 1.82) is 0 Å². The number of nitrogens with two attached hydrogens (primary N) is 1. The second kappa shape index (κ2) is 7.77. The molecule has 0 aromatic heterocycles. The maximum Gasteiger partial charge on any atom is 0.248 e. The molecule has 0 saturated heterocycles. The fourth-order valence-electron chi connectivity index (χ4n) is 1.94. The molecule has 1 atom stereocenters. The van der Waals surface area contributed by atoms with Crippen molar-refractivity contribution in [1.82, 2.24) is 4.72 Å². The Hall–Kier alpha value is -2.23. The molecule has 0 aliphatic carbocycles. The van der Waals surface area contributed by atoms with Gasteiger partial charge in [0.05, 0.1) is 10.9 Å². The Kier molecular flexibility index (Phi) is 5.93. The Morgan fingerprint density at radius 1 is 1.04 bits per heavy atom. The highest BCUT2D eigenvalue weighted by Gasteiger charge is 2.22. The lowest BCUT2D eigenvalue weighted by Gasteiger charge is -2.14. The largest absolute Gasteiger partial charge is 0.366 e. The molecule has 4 N–H and O–H groups in total. The second-order valence-electron chi connectivity index (χ2n) is 5.23. The van der Waals surface area contributed by atoms with Gasteiger partial charge in [0.1, 0.15) is 0 Å². The monoisotopic (exact) mass is 425 g/mol. The van der Waals surface area contributed by atoms with Gasteiger partial charge in [-0.25, -0.2) is 8.42 Å². The van der Waals surface area contributed by atoms with Gasteiger partial charge in [0.25, 0.3) is 0 Å². The Bertz CT molecular complexity index is 881. The fraction of sp³-hybridized carbons (Fsp3) is 0.125. The van der Waals surface area contributed by atoms with Crippen LogP contribution in [0.4, 0.5) is 5.69 Å². The lowest BCUT2D eigenvalue weighted by atomic mass is 10.2. The van der Waals surface area contributed by atoms with Crippen LogP contribution in [-0.4, -0.2) is 26.3 Å². The number of hydrogen-bond acceptors (Lipinski definition) is 4. The van der Waals surface area contributed by atoms with Gasteiger partial charge in [0, 0.05) is 15.7 Å². The molecular weight excluding hydrogens is 410 g/mol. The van der Waals surface area contributed by atoms with Crippen molar-refractivity contribution in [2.24, 2.45) is 5.73 Å². The Labute approximate surface area is 153 Å². The molecule has 0 heterocycles. The van der Waals surface area contributed by atoms with E-state index in [1.807, 2.05) is 0 Å². The molecule has 9 heteroatoms. The first kappa shape index (κ1) is 19.1. The van der Waals surface area contributed by atoms with E-state index in [1.54, 1.807) is 12.1 Å². The van der Waals surface area contributed by atoms with Crippen LogP contribution in [0.2, 0.25) is 0 Å². The molecule has 0 spiro atoms. The van der Waals surface area contributed by atoms with E-state index in [0.29, 0.717) is 11.3 Å². The quantitative estimate of drug-likeness (QED) is 0.653. The topological polar surface area (TPSA) is 118 Å². The Morgan fingerprint density at radius 2 is 1.60 bits per heavy atom. The van der Waals surface area contributed by atoms with Crippen molar-refractivity contribution in [3.63, 3.8) is 0 Å². The molecule has 1 unspecified atom stereocenters. The van der Waals surface area contributed by atoms with E-state index >= 15 is 0 Å². The van der Waals surface area contributed by atoms with Crippen molar-refractivity contribution in [2.45, 2.75) is 17.9 Å². The smallest absolute Gasteiger partial charge is 0.248 e. The van der Waals surface area contributed by atoms with Crippen molar-refractivity contribution < 1.29 is 18.0 Å². The second-order valence-corrected chi connectivity index (χ2v) is 7.86. The number of primary amides is 1. The normalized spacial score (nSPS) is 12.4. The molecule has 132 valence electrons. The molecule has 0 radical (unpaired) electrons. The number of carbonyl (C=O) groups excluding carboxylic acids is 2. The van der Waals surface area contributed by atoms with Crippen LogP contribution >= 0.6 is 15.9 Å². The van der Waals surface area contributed by atoms with Gasteiger partial charge in [0.2, 0.25) is 21.8 Å². The number of halogens is 1. The SMILES string of the molecule is CC(NS(=O)(=O)c1ccc(Br)cc1)C(=O)Nc1ccc(C(N)=O)cc1. The molecular formula is C16H16BrN3O4S. The van der Waals surface area contributed by atoms with Gasteiger partial charge in [-0.15, -0.1) is 0 Å². The van der Waals surface area contributed by atoms with Crippen molar-refractivity contribution >= 4 is 43.5 Å². The van der Waals surface area contributed by atoms with Crippen LogP contribution in [-0.2, 0) is 14.8 Å². The minimum atomic E-state index is -3.82. The van der Waals surface area contributed by atoms with Crippen LogP contribution in [0.25, 0.3) is 0 Å². The van der Waals surface area contributed by atoms with Crippen LogP contribution in [0.3, 0.4) is 0 Å². The molecule has 2 amide bonds. The molecule has 0 aliphatic heterocycles. The van der Waals surface area contributed by atoms with Gasteiger partial charge < -0.3 is 11.1 Å². The van der Waals surface area contributed by atoms with E-state index in [2.05, 4.69) is 26.0 Å². The summed E-state index contributed by atoms with van der Waals surface area (Å²) in [6.07, 6.45) is 0. The van der Waals surface area contributed by atoms with E-state index in [0.717, 1.165) is 4.47 Å². The predicted octanol–water partition coefficient (Wildman–Crippen LogP) is 1.85. The molecule has 2 aromatic carbocycles. The average molecular weight is 426 g/mol. The first-order valence-corrected chi connectivity index (χ1v) is 9.45. The number of hydrogen-bond donors (Lipinski definition) is 3. The average Bonchev–Trinajstić information content (AvgIpc) is 2.55. The Morgan fingerprint density at radius 3 is 2.12 bits per heavy atom. The summed E-state index contributed by atoms with van der Waals surface area (Å²) in [6, 6.07) is 11.0. The summed E-state index contributed by atoms with van der Waals surface area (Å²) in [4.78, 5) is 23.2. The lowest BCUT2D eigenvalue weighted by Crippen LogP contribution is -2.41. The molecule has 0 saturated carbocycles. The molecule has 0 fully saturated rings. The number of benzene rings is 2. The minimum absolute atomic E-state index is 0.0566. The highest BCUT2D eigenvalue weighted by atomic mass is 79.9. The van der Waals surface area contributed by atoms with E-state index < -0.39 is 27.9 Å². The van der Waals surface area contributed by atoms with Crippen LogP contribution in [0.1, 0.15) is 17.3 Å². The maximum atomic E-state index is 12.3. The lowest BCUT2D eigenvalue weighted by molar-refractivity contribution is -0.117.